The third kappa shape index (κ3) is 3.76. The number of fused-ring (bicyclic) bond motifs is 1. The predicted octanol–water partition coefficient (Wildman–Crippen LogP) is 3.61. The molecule has 6 heteroatoms. The largest absolute Gasteiger partial charge is 0.469 e. The van der Waals surface area contributed by atoms with E-state index in [1.807, 2.05) is 62.4 Å². The fraction of sp³-hybridized carbons (Fsp3) is 0.318. The van der Waals surface area contributed by atoms with Gasteiger partial charge in [0.15, 0.2) is 0 Å². The van der Waals surface area contributed by atoms with Crippen LogP contribution in [0.15, 0.2) is 48.5 Å². The van der Waals surface area contributed by atoms with Gasteiger partial charge in [-0.2, -0.15) is 0 Å². The maximum atomic E-state index is 13.0. The number of benzene rings is 2. The highest BCUT2D eigenvalue weighted by Gasteiger charge is 2.22. The Kier molecular flexibility index (Phi) is 5.78. The van der Waals surface area contributed by atoms with Crippen molar-refractivity contribution < 1.29 is 14.3 Å². The number of imidazole rings is 1. The van der Waals surface area contributed by atoms with Crippen molar-refractivity contribution in [2.24, 2.45) is 5.92 Å². The fourth-order valence-corrected chi connectivity index (χ4v) is 3.38. The number of hydrogen-bond acceptors (Lipinski definition) is 4. The average molecular weight is 379 g/mol. The average Bonchev–Trinajstić information content (AvgIpc) is 3.05. The van der Waals surface area contributed by atoms with Crippen LogP contribution in [0.2, 0.25) is 0 Å². The summed E-state index contributed by atoms with van der Waals surface area (Å²) in [5.74, 6) is 0.0422. The van der Waals surface area contributed by atoms with Crippen LogP contribution in [0.3, 0.4) is 0 Å². The molecule has 3 rings (SSSR count). The molecule has 0 saturated heterocycles. The molecule has 1 aromatic heterocycles. The van der Waals surface area contributed by atoms with E-state index in [2.05, 4.69) is 9.55 Å². The van der Waals surface area contributed by atoms with Crippen molar-refractivity contribution in [3.8, 4) is 5.69 Å². The maximum absolute atomic E-state index is 13.0. The number of ether oxygens (including phenoxy) is 1. The summed E-state index contributed by atoms with van der Waals surface area (Å²) in [6.45, 7) is 6.43. The Bertz CT molecular complexity index is 995. The zero-order chi connectivity index (χ0) is 20.3. The van der Waals surface area contributed by atoms with Gasteiger partial charge in [0.25, 0.3) is 5.91 Å². The summed E-state index contributed by atoms with van der Waals surface area (Å²) < 4.78 is 6.84. The predicted molar refractivity (Wildman–Crippen MR) is 109 cm³/mol. The normalized spacial score (nSPS) is 12.0. The van der Waals surface area contributed by atoms with Crippen LogP contribution >= 0.6 is 0 Å². The van der Waals surface area contributed by atoms with E-state index in [0.29, 0.717) is 18.7 Å². The van der Waals surface area contributed by atoms with Gasteiger partial charge in [-0.15, -0.1) is 0 Å². The lowest BCUT2D eigenvalue weighted by Gasteiger charge is -2.23. The summed E-state index contributed by atoms with van der Waals surface area (Å²) in [5, 5.41) is 0. The van der Waals surface area contributed by atoms with Crippen LogP contribution in [-0.4, -0.2) is 46.5 Å². The highest BCUT2D eigenvalue weighted by Crippen LogP contribution is 2.23. The molecular formula is C22H25N3O3. The minimum Gasteiger partial charge on any atom is -0.469 e. The number of carbonyl (C=O) groups excluding carboxylic acids is 2. The molecule has 1 unspecified atom stereocenters. The molecule has 6 nitrogen and oxygen atoms in total. The van der Waals surface area contributed by atoms with Crippen LogP contribution in [0.5, 0.6) is 0 Å². The molecule has 0 aliphatic carbocycles. The number of nitrogens with zero attached hydrogens (tertiary/aromatic N) is 3. The van der Waals surface area contributed by atoms with E-state index >= 15 is 0 Å². The molecule has 0 fully saturated rings. The number of aryl methyl sites for hydroxylation is 1. The molecule has 3 aromatic rings. The SMILES string of the molecule is CCN(CC(C)C(=O)OC)C(=O)c1ccc2c(c1)nc(C)n2-c1ccccc1. The first-order valence-electron chi connectivity index (χ1n) is 9.37. The van der Waals surface area contributed by atoms with Gasteiger partial charge in [-0.05, 0) is 44.2 Å². The number of hydrogen-bond donors (Lipinski definition) is 0. The van der Waals surface area contributed by atoms with Gasteiger partial charge >= 0.3 is 5.97 Å². The summed E-state index contributed by atoms with van der Waals surface area (Å²) in [6.07, 6.45) is 0. The Morgan fingerprint density at radius 2 is 1.89 bits per heavy atom. The van der Waals surface area contributed by atoms with Crippen LogP contribution in [0.25, 0.3) is 16.7 Å². The number of amides is 1. The highest BCUT2D eigenvalue weighted by atomic mass is 16.5. The third-order valence-corrected chi connectivity index (χ3v) is 4.85. The van der Waals surface area contributed by atoms with E-state index in [-0.39, 0.29) is 17.8 Å². The number of aromatic nitrogens is 2. The smallest absolute Gasteiger partial charge is 0.310 e. The molecule has 2 aromatic carbocycles. The van der Waals surface area contributed by atoms with Gasteiger partial charge < -0.3 is 9.64 Å². The van der Waals surface area contributed by atoms with Crippen molar-refractivity contribution in [1.82, 2.24) is 14.5 Å². The highest BCUT2D eigenvalue weighted by molar-refractivity contribution is 5.98. The number of rotatable bonds is 6. The molecule has 0 aliphatic heterocycles. The van der Waals surface area contributed by atoms with E-state index in [1.165, 1.54) is 7.11 Å². The molecule has 0 saturated carbocycles. The lowest BCUT2D eigenvalue weighted by atomic mass is 10.1. The summed E-state index contributed by atoms with van der Waals surface area (Å²) in [7, 11) is 1.36. The van der Waals surface area contributed by atoms with Gasteiger partial charge in [0.05, 0.1) is 24.1 Å². The number of esters is 1. The summed E-state index contributed by atoms with van der Waals surface area (Å²) in [5.41, 5.74) is 3.31. The minimum absolute atomic E-state index is 0.118. The Morgan fingerprint density at radius 1 is 1.18 bits per heavy atom. The summed E-state index contributed by atoms with van der Waals surface area (Å²) in [4.78, 5) is 31.0. The van der Waals surface area contributed by atoms with Gasteiger partial charge in [-0.3, -0.25) is 14.2 Å². The topological polar surface area (TPSA) is 64.4 Å². The Hall–Kier alpha value is -3.15. The molecule has 1 atom stereocenters. The van der Waals surface area contributed by atoms with Gasteiger partial charge in [0.1, 0.15) is 5.82 Å². The molecule has 0 bridgehead atoms. The van der Waals surface area contributed by atoms with Gasteiger partial charge in [-0.1, -0.05) is 25.1 Å². The molecule has 1 amide bonds. The second-order valence-electron chi connectivity index (χ2n) is 6.80. The van der Waals surface area contributed by atoms with E-state index < -0.39 is 0 Å². The van der Waals surface area contributed by atoms with Crippen LogP contribution in [0.4, 0.5) is 0 Å². The molecule has 0 spiro atoms. The Balaban J connectivity index is 1.92. The van der Waals surface area contributed by atoms with Crippen molar-refractivity contribution >= 4 is 22.9 Å². The Labute approximate surface area is 164 Å². The van der Waals surface area contributed by atoms with E-state index in [1.54, 1.807) is 11.8 Å². The monoisotopic (exact) mass is 379 g/mol. The molecule has 28 heavy (non-hydrogen) atoms. The molecule has 1 heterocycles. The van der Waals surface area contributed by atoms with E-state index in [9.17, 15) is 9.59 Å². The molecule has 146 valence electrons. The minimum atomic E-state index is -0.378. The van der Waals surface area contributed by atoms with Crippen molar-refractivity contribution in [3.63, 3.8) is 0 Å². The van der Waals surface area contributed by atoms with Crippen molar-refractivity contribution in [2.75, 3.05) is 20.2 Å². The molecule has 0 radical (unpaired) electrons. The first-order valence-corrected chi connectivity index (χ1v) is 9.37. The zero-order valence-electron chi connectivity index (χ0n) is 16.7. The van der Waals surface area contributed by atoms with Crippen LogP contribution in [-0.2, 0) is 9.53 Å². The van der Waals surface area contributed by atoms with E-state index in [4.69, 9.17) is 4.74 Å². The second kappa shape index (κ2) is 8.25. The number of para-hydroxylation sites is 1. The first-order chi connectivity index (χ1) is 13.5. The standard InChI is InChI=1S/C22H25N3O3/c1-5-24(14-15(2)22(27)28-4)21(26)17-11-12-20-19(13-17)23-16(3)25(20)18-9-7-6-8-10-18/h6-13,15H,5,14H2,1-4H3. The summed E-state index contributed by atoms with van der Waals surface area (Å²) >= 11 is 0. The van der Waals surface area contributed by atoms with Gasteiger partial charge in [0.2, 0.25) is 0 Å². The summed E-state index contributed by atoms with van der Waals surface area (Å²) in [6, 6.07) is 15.6. The molecular weight excluding hydrogens is 354 g/mol. The molecule has 0 N–H and O–H groups in total. The van der Waals surface area contributed by atoms with Crippen molar-refractivity contribution in [3.05, 3.63) is 59.9 Å². The second-order valence-corrected chi connectivity index (χ2v) is 6.80. The Morgan fingerprint density at radius 3 is 2.54 bits per heavy atom. The van der Waals surface area contributed by atoms with Gasteiger partial charge in [0, 0.05) is 24.3 Å². The van der Waals surface area contributed by atoms with E-state index in [0.717, 1.165) is 22.5 Å². The van der Waals surface area contributed by atoms with Crippen LogP contribution < -0.4 is 0 Å². The van der Waals surface area contributed by atoms with Gasteiger partial charge in [-0.25, -0.2) is 4.98 Å². The van der Waals surface area contributed by atoms with Crippen molar-refractivity contribution in [1.29, 1.82) is 0 Å². The lowest BCUT2D eigenvalue weighted by molar-refractivity contribution is -0.145. The molecule has 0 aliphatic rings. The number of carbonyl (C=O) groups is 2. The lowest BCUT2D eigenvalue weighted by Crippen LogP contribution is -2.37. The first kappa shape index (κ1) is 19.6. The van der Waals surface area contributed by atoms with Crippen LogP contribution in [0.1, 0.15) is 30.0 Å². The van der Waals surface area contributed by atoms with Crippen LogP contribution in [0, 0.1) is 12.8 Å². The van der Waals surface area contributed by atoms with Crippen molar-refractivity contribution in [2.45, 2.75) is 20.8 Å². The number of methoxy groups -OCH3 is 1. The maximum Gasteiger partial charge on any atom is 0.310 e. The quantitative estimate of drug-likeness (QED) is 0.614. The third-order valence-electron chi connectivity index (χ3n) is 4.85. The fourth-order valence-electron chi connectivity index (χ4n) is 3.38. The zero-order valence-corrected chi connectivity index (χ0v) is 16.7.